The summed E-state index contributed by atoms with van der Waals surface area (Å²) in [5.41, 5.74) is 4.12. The van der Waals surface area contributed by atoms with Gasteiger partial charge in [0, 0.05) is 0 Å². The molecule has 1 rings (SSSR count). The molecule has 0 fully saturated rings. The average molecular weight is 229 g/mol. The Kier molecular flexibility index (Phi) is 3.49. The number of hydrogen-bond acceptors (Lipinski definition) is 3. The molecular weight excluding hydrogens is 214 g/mol. The smallest absolute Gasteiger partial charge is 0.253 e. The summed E-state index contributed by atoms with van der Waals surface area (Å²) in [6.45, 7) is 5.88. The van der Waals surface area contributed by atoms with Crippen molar-refractivity contribution in [2.45, 2.75) is 27.4 Å². The molecule has 0 heterocycles. The molecule has 0 atom stereocenters. The van der Waals surface area contributed by atoms with Crippen molar-refractivity contribution in [1.82, 2.24) is 0 Å². The average Bonchev–Trinajstić information content (AvgIpc) is 2.07. The molecule has 1 aromatic carbocycles. The van der Waals surface area contributed by atoms with Crippen LogP contribution in [0, 0.1) is 20.8 Å². The minimum Gasteiger partial charge on any atom is -0.253 e. The molecular formula is C10H15NO3S. The van der Waals surface area contributed by atoms with Crippen molar-refractivity contribution in [2.75, 3.05) is 0 Å². The van der Waals surface area contributed by atoms with Crippen molar-refractivity contribution in [3.8, 4) is 0 Å². The molecule has 5 heteroatoms. The van der Waals surface area contributed by atoms with E-state index in [1.807, 2.05) is 32.9 Å². The molecule has 0 aliphatic carbocycles. The van der Waals surface area contributed by atoms with Crippen LogP contribution in [0.25, 0.3) is 0 Å². The molecule has 0 spiro atoms. The fourth-order valence-corrected chi connectivity index (χ4v) is 1.61. The topological polar surface area (TPSA) is 69.4 Å². The summed E-state index contributed by atoms with van der Waals surface area (Å²) in [4.78, 5) is 0. The summed E-state index contributed by atoms with van der Waals surface area (Å²) in [6.07, 6.45) is 0. The van der Waals surface area contributed by atoms with E-state index in [1.54, 1.807) is 0 Å². The first kappa shape index (κ1) is 12.2. The van der Waals surface area contributed by atoms with E-state index in [0.717, 1.165) is 16.7 Å². The highest BCUT2D eigenvalue weighted by Crippen LogP contribution is 2.16. The maximum Gasteiger partial charge on any atom is 0.333 e. The Labute approximate surface area is 90.3 Å². The van der Waals surface area contributed by atoms with Gasteiger partial charge in [0.1, 0.15) is 0 Å². The predicted molar refractivity (Wildman–Crippen MR) is 58.5 cm³/mol. The first-order valence-electron chi connectivity index (χ1n) is 4.53. The van der Waals surface area contributed by atoms with Gasteiger partial charge in [-0.25, -0.2) is 5.14 Å². The molecule has 2 N–H and O–H groups in total. The molecule has 0 aromatic heterocycles. The van der Waals surface area contributed by atoms with Crippen LogP contribution >= 0.6 is 0 Å². The Hall–Kier alpha value is -0.910. The van der Waals surface area contributed by atoms with Gasteiger partial charge in [-0.15, -0.1) is 0 Å². The monoisotopic (exact) mass is 229 g/mol. The van der Waals surface area contributed by atoms with Gasteiger partial charge in [-0.05, 0) is 43.0 Å². The standard InChI is InChI=1S/C10H15NO3S/c1-7-4-9(3)10(5-8(7)2)6-14-15(11,12)13/h4-5H,6H2,1-3H3,(H2,11,12,13). The highest BCUT2D eigenvalue weighted by atomic mass is 32.2. The van der Waals surface area contributed by atoms with E-state index in [9.17, 15) is 8.42 Å². The molecule has 4 nitrogen and oxygen atoms in total. The number of aryl methyl sites for hydroxylation is 3. The van der Waals surface area contributed by atoms with Crippen LogP contribution in [0.4, 0.5) is 0 Å². The second kappa shape index (κ2) is 4.30. The Morgan fingerprint density at radius 1 is 1.13 bits per heavy atom. The van der Waals surface area contributed by atoms with Crippen molar-refractivity contribution < 1.29 is 12.6 Å². The van der Waals surface area contributed by atoms with E-state index < -0.39 is 10.3 Å². The predicted octanol–water partition coefficient (Wildman–Crippen LogP) is 1.33. The van der Waals surface area contributed by atoms with Gasteiger partial charge in [-0.2, -0.15) is 8.42 Å². The molecule has 0 aliphatic rings. The third-order valence-corrected chi connectivity index (χ3v) is 2.78. The Balaban J connectivity index is 2.91. The minimum absolute atomic E-state index is 0.00815. The van der Waals surface area contributed by atoms with Crippen LogP contribution in [0.2, 0.25) is 0 Å². The van der Waals surface area contributed by atoms with Crippen LogP contribution < -0.4 is 5.14 Å². The van der Waals surface area contributed by atoms with E-state index in [2.05, 4.69) is 4.18 Å². The van der Waals surface area contributed by atoms with Crippen molar-refractivity contribution in [1.29, 1.82) is 0 Å². The highest BCUT2D eigenvalue weighted by molar-refractivity contribution is 7.84. The lowest BCUT2D eigenvalue weighted by Gasteiger charge is -2.09. The summed E-state index contributed by atoms with van der Waals surface area (Å²) >= 11 is 0. The quantitative estimate of drug-likeness (QED) is 0.850. The fourth-order valence-electron chi connectivity index (χ4n) is 1.32. The third-order valence-electron chi connectivity index (χ3n) is 2.33. The van der Waals surface area contributed by atoms with Gasteiger partial charge in [-0.3, -0.25) is 4.18 Å². The van der Waals surface area contributed by atoms with Gasteiger partial charge in [0.05, 0.1) is 6.61 Å². The number of hydrogen-bond donors (Lipinski definition) is 1. The third kappa shape index (κ3) is 3.62. The minimum atomic E-state index is -3.86. The maximum absolute atomic E-state index is 10.6. The lowest BCUT2D eigenvalue weighted by atomic mass is 10.0. The van der Waals surface area contributed by atoms with Gasteiger partial charge < -0.3 is 0 Å². The van der Waals surface area contributed by atoms with Gasteiger partial charge >= 0.3 is 10.3 Å². The Bertz CT molecular complexity index is 466. The van der Waals surface area contributed by atoms with Crippen molar-refractivity contribution >= 4 is 10.3 Å². The largest absolute Gasteiger partial charge is 0.333 e. The van der Waals surface area contributed by atoms with Gasteiger partial charge in [0.25, 0.3) is 0 Å². The Morgan fingerprint density at radius 2 is 1.67 bits per heavy atom. The van der Waals surface area contributed by atoms with E-state index >= 15 is 0 Å². The summed E-state index contributed by atoms with van der Waals surface area (Å²) < 4.78 is 25.8. The van der Waals surface area contributed by atoms with Crippen molar-refractivity contribution in [3.63, 3.8) is 0 Å². The molecule has 0 saturated carbocycles. The van der Waals surface area contributed by atoms with Crippen LogP contribution in [0.15, 0.2) is 12.1 Å². The van der Waals surface area contributed by atoms with E-state index in [-0.39, 0.29) is 6.61 Å². The SMILES string of the molecule is Cc1cc(C)c(COS(N)(=O)=O)cc1C. The van der Waals surface area contributed by atoms with Crippen LogP contribution in [0.5, 0.6) is 0 Å². The fraction of sp³-hybridized carbons (Fsp3) is 0.400. The first-order valence-corrected chi connectivity index (χ1v) is 6.00. The lowest BCUT2D eigenvalue weighted by Crippen LogP contribution is -2.15. The molecule has 15 heavy (non-hydrogen) atoms. The Morgan fingerprint density at radius 3 is 2.20 bits per heavy atom. The second-order valence-corrected chi connectivity index (χ2v) is 4.84. The first-order chi connectivity index (χ1) is 6.79. The van der Waals surface area contributed by atoms with Gasteiger partial charge in [-0.1, -0.05) is 12.1 Å². The molecule has 0 saturated heterocycles. The molecule has 0 radical (unpaired) electrons. The van der Waals surface area contributed by atoms with Crippen molar-refractivity contribution in [2.24, 2.45) is 5.14 Å². The summed E-state index contributed by atoms with van der Waals surface area (Å²) in [7, 11) is -3.86. The zero-order chi connectivity index (χ0) is 11.6. The number of nitrogens with two attached hydrogens (primary N) is 1. The highest BCUT2D eigenvalue weighted by Gasteiger charge is 2.06. The molecule has 0 bridgehead atoms. The zero-order valence-corrected chi connectivity index (χ0v) is 9.89. The molecule has 1 aromatic rings. The van der Waals surface area contributed by atoms with Crippen LogP contribution in [0.3, 0.4) is 0 Å². The summed E-state index contributed by atoms with van der Waals surface area (Å²) in [5.74, 6) is 0. The van der Waals surface area contributed by atoms with E-state index in [0.29, 0.717) is 0 Å². The second-order valence-electron chi connectivity index (χ2n) is 3.62. The molecule has 0 amide bonds. The zero-order valence-electron chi connectivity index (χ0n) is 9.07. The number of rotatable bonds is 3. The van der Waals surface area contributed by atoms with Crippen molar-refractivity contribution in [3.05, 3.63) is 34.4 Å². The van der Waals surface area contributed by atoms with Crippen LogP contribution in [0.1, 0.15) is 22.3 Å². The number of benzene rings is 1. The van der Waals surface area contributed by atoms with Gasteiger partial charge in [0.15, 0.2) is 0 Å². The van der Waals surface area contributed by atoms with E-state index in [4.69, 9.17) is 5.14 Å². The normalized spacial score (nSPS) is 11.7. The van der Waals surface area contributed by atoms with E-state index in [1.165, 1.54) is 5.56 Å². The van der Waals surface area contributed by atoms with Crippen LogP contribution in [-0.2, 0) is 21.1 Å². The summed E-state index contributed by atoms with van der Waals surface area (Å²) in [6, 6.07) is 3.91. The summed E-state index contributed by atoms with van der Waals surface area (Å²) in [5, 5.41) is 4.75. The maximum atomic E-state index is 10.6. The molecule has 0 aliphatic heterocycles. The molecule has 0 unspecified atom stereocenters. The van der Waals surface area contributed by atoms with Crippen LogP contribution in [-0.4, -0.2) is 8.42 Å². The lowest BCUT2D eigenvalue weighted by molar-refractivity contribution is 0.308. The molecule has 84 valence electrons. The van der Waals surface area contributed by atoms with Gasteiger partial charge in [0.2, 0.25) is 0 Å².